The molecule has 132 valence electrons. The second-order valence-electron chi connectivity index (χ2n) is 6.13. The van der Waals surface area contributed by atoms with Gasteiger partial charge in [0.05, 0.1) is 23.1 Å². The van der Waals surface area contributed by atoms with Crippen molar-refractivity contribution in [1.29, 1.82) is 0 Å². The minimum Gasteiger partial charge on any atom is -0.369 e. The number of hydrogen-bond donors (Lipinski definition) is 2. The van der Waals surface area contributed by atoms with Crippen molar-refractivity contribution in [3.05, 3.63) is 34.0 Å². The summed E-state index contributed by atoms with van der Waals surface area (Å²) in [7, 11) is 0. The second-order valence-corrected chi connectivity index (χ2v) is 7.08. The molecule has 5 nitrogen and oxygen atoms in total. The number of nitrogens with two attached hydrogens (primary N) is 1. The highest BCUT2D eigenvalue weighted by Crippen LogP contribution is 2.26. The van der Waals surface area contributed by atoms with Gasteiger partial charge >= 0.3 is 0 Å². The quantitative estimate of drug-likeness (QED) is 0.741. The van der Waals surface area contributed by atoms with Gasteiger partial charge in [0.1, 0.15) is 0 Å². The summed E-state index contributed by atoms with van der Waals surface area (Å²) < 4.78 is 6.15. The molecule has 0 unspecified atom stereocenters. The zero-order chi connectivity index (χ0) is 17.7. The summed E-state index contributed by atoms with van der Waals surface area (Å²) in [6, 6.07) is 3.01. The first-order valence-corrected chi connectivity index (χ1v) is 9.31. The van der Waals surface area contributed by atoms with Crippen LogP contribution in [0.15, 0.2) is 29.2 Å². The number of nitrogens with one attached hydrogen (secondary N) is 1. The van der Waals surface area contributed by atoms with Crippen LogP contribution >= 0.6 is 11.3 Å². The van der Waals surface area contributed by atoms with Crippen molar-refractivity contribution in [1.82, 2.24) is 5.32 Å². The molecular weight excluding hydrogens is 324 g/mol. The average molecular weight is 350 g/mol. The van der Waals surface area contributed by atoms with E-state index in [4.69, 9.17) is 10.5 Å². The highest BCUT2D eigenvalue weighted by atomic mass is 32.1. The first kappa shape index (κ1) is 18.8. The van der Waals surface area contributed by atoms with Gasteiger partial charge in [0.2, 0.25) is 5.91 Å². The smallest absolute Gasteiger partial charge is 0.217 e. The standard InChI is InChI=1S/C18H26N2O3S/c1-4-13(5-2)23-15-10-12(18(22)16-7-6-8-24-16)9-14(19)17(15)20-11(3)21/h6-8,10,13-15,17H,4-5,9,19H2,1-3H3,(H,20,21)/t14-,15+,17+/m0/s1. The van der Waals surface area contributed by atoms with E-state index < -0.39 is 0 Å². The number of Topliss-reactive ketones (excluding diaryl/α,β-unsaturated/α-hetero) is 1. The predicted molar refractivity (Wildman–Crippen MR) is 96.2 cm³/mol. The van der Waals surface area contributed by atoms with E-state index in [0.29, 0.717) is 16.9 Å². The van der Waals surface area contributed by atoms with E-state index in [1.807, 2.05) is 23.6 Å². The van der Waals surface area contributed by atoms with Gasteiger partial charge in [0.15, 0.2) is 5.78 Å². The molecule has 3 atom stereocenters. The molecule has 0 bridgehead atoms. The van der Waals surface area contributed by atoms with Crippen molar-refractivity contribution in [3.8, 4) is 0 Å². The normalized spacial score (nSPS) is 23.9. The summed E-state index contributed by atoms with van der Waals surface area (Å²) in [5.74, 6) is -0.144. The van der Waals surface area contributed by atoms with Gasteiger partial charge in [0, 0.05) is 18.5 Å². The Kier molecular flexibility index (Phi) is 6.71. The fraction of sp³-hybridized carbons (Fsp3) is 0.556. The molecule has 3 N–H and O–H groups in total. The lowest BCUT2D eigenvalue weighted by Gasteiger charge is -2.36. The Bertz CT molecular complexity index is 593. The number of carbonyl (C=O) groups excluding carboxylic acids is 2. The van der Waals surface area contributed by atoms with E-state index in [0.717, 1.165) is 12.8 Å². The molecule has 1 aromatic rings. The number of amides is 1. The van der Waals surface area contributed by atoms with Crippen LogP contribution in [0.4, 0.5) is 0 Å². The molecule has 0 saturated carbocycles. The monoisotopic (exact) mass is 350 g/mol. The van der Waals surface area contributed by atoms with Gasteiger partial charge in [-0.15, -0.1) is 11.3 Å². The van der Waals surface area contributed by atoms with E-state index >= 15 is 0 Å². The van der Waals surface area contributed by atoms with E-state index in [-0.39, 0.29) is 36.0 Å². The van der Waals surface area contributed by atoms with Gasteiger partial charge < -0.3 is 15.8 Å². The minimum absolute atomic E-state index is 0.000119. The topological polar surface area (TPSA) is 81.4 Å². The zero-order valence-electron chi connectivity index (χ0n) is 14.5. The first-order chi connectivity index (χ1) is 11.5. The number of rotatable bonds is 7. The Balaban J connectivity index is 2.27. The molecule has 1 aromatic heterocycles. The molecule has 1 heterocycles. The maximum Gasteiger partial charge on any atom is 0.217 e. The third kappa shape index (κ3) is 4.53. The molecule has 2 rings (SSSR count). The molecule has 0 saturated heterocycles. The van der Waals surface area contributed by atoms with Crippen LogP contribution in [0, 0.1) is 0 Å². The van der Waals surface area contributed by atoms with Crippen molar-refractivity contribution in [3.63, 3.8) is 0 Å². The van der Waals surface area contributed by atoms with Crippen LogP contribution in [0.2, 0.25) is 0 Å². The highest BCUT2D eigenvalue weighted by Gasteiger charge is 2.35. The molecule has 1 aliphatic rings. The lowest BCUT2D eigenvalue weighted by Crippen LogP contribution is -2.57. The second kappa shape index (κ2) is 8.55. The Hall–Kier alpha value is -1.50. The highest BCUT2D eigenvalue weighted by molar-refractivity contribution is 7.12. The number of ketones is 1. The van der Waals surface area contributed by atoms with E-state index in [9.17, 15) is 9.59 Å². The van der Waals surface area contributed by atoms with E-state index in [2.05, 4.69) is 19.2 Å². The fourth-order valence-electron chi connectivity index (χ4n) is 2.98. The minimum atomic E-state index is -0.388. The van der Waals surface area contributed by atoms with Gasteiger partial charge in [-0.2, -0.15) is 0 Å². The Labute approximate surface area is 147 Å². The SMILES string of the molecule is CCC(CC)O[C@@H]1C=C(C(=O)c2cccs2)C[C@H](N)[C@H]1NC(C)=O. The number of hydrogen-bond acceptors (Lipinski definition) is 5. The number of thiophene rings is 1. The van der Waals surface area contributed by atoms with Gasteiger partial charge in [-0.25, -0.2) is 0 Å². The molecule has 0 fully saturated rings. The molecule has 0 spiro atoms. The van der Waals surface area contributed by atoms with Crippen LogP contribution in [0.1, 0.15) is 49.7 Å². The van der Waals surface area contributed by atoms with Crippen LogP contribution < -0.4 is 11.1 Å². The average Bonchev–Trinajstić information content (AvgIpc) is 3.08. The van der Waals surface area contributed by atoms with Crippen molar-refractivity contribution in [2.45, 2.75) is 64.3 Å². The summed E-state index contributed by atoms with van der Waals surface area (Å²) in [4.78, 5) is 24.9. The molecule has 24 heavy (non-hydrogen) atoms. The van der Waals surface area contributed by atoms with Crippen molar-refractivity contribution >= 4 is 23.0 Å². The van der Waals surface area contributed by atoms with E-state index in [1.165, 1.54) is 18.3 Å². The predicted octanol–water partition coefficient (Wildman–Crippen LogP) is 2.67. The van der Waals surface area contributed by atoms with Gasteiger partial charge in [-0.05, 0) is 36.8 Å². The van der Waals surface area contributed by atoms with Crippen LogP contribution in [-0.4, -0.2) is 36.0 Å². The molecule has 0 aromatic carbocycles. The largest absolute Gasteiger partial charge is 0.369 e. The van der Waals surface area contributed by atoms with Crippen LogP contribution in [0.3, 0.4) is 0 Å². The lowest BCUT2D eigenvalue weighted by atomic mass is 9.86. The van der Waals surface area contributed by atoms with Gasteiger partial charge in [-0.3, -0.25) is 9.59 Å². The number of carbonyl (C=O) groups is 2. The fourth-order valence-corrected chi connectivity index (χ4v) is 3.68. The van der Waals surface area contributed by atoms with Crippen molar-refractivity contribution in [2.24, 2.45) is 5.73 Å². The van der Waals surface area contributed by atoms with Gasteiger partial charge in [0.25, 0.3) is 0 Å². The van der Waals surface area contributed by atoms with Gasteiger partial charge in [-0.1, -0.05) is 19.9 Å². The summed E-state index contributed by atoms with van der Waals surface area (Å²) >= 11 is 1.42. The first-order valence-electron chi connectivity index (χ1n) is 8.43. The van der Waals surface area contributed by atoms with Crippen LogP contribution in [0.25, 0.3) is 0 Å². The number of ether oxygens (including phenoxy) is 1. The summed E-state index contributed by atoms with van der Waals surface area (Å²) in [6.45, 7) is 5.59. The summed E-state index contributed by atoms with van der Waals surface area (Å²) in [6.07, 6.45) is 3.72. The molecule has 1 aliphatic carbocycles. The third-order valence-corrected chi connectivity index (χ3v) is 5.17. The van der Waals surface area contributed by atoms with Crippen molar-refractivity contribution in [2.75, 3.05) is 0 Å². The third-order valence-electron chi connectivity index (χ3n) is 4.30. The van der Waals surface area contributed by atoms with Crippen LogP contribution in [-0.2, 0) is 9.53 Å². The maximum atomic E-state index is 12.6. The lowest BCUT2D eigenvalue weighted by molar-refractivity contribution is -0.121. The Morgan fingerprint density at radius 1 is 1.42 bits per heavy atom. The van der Waals surface area contributed by atoms with Crippen LogP contribution in [0.5, 0.6) is 0 Å². The molecule has 1 amide bonds. The maximum absolute atomic E-state index is 12.6. The molecular formula is C18H26N2O3S. The Morgan fingerprint density at radius 2 is 2.12 bits per heavy atom. The summed E-state index contributed by atoms with van der Waals surface area (Å²) in [5, 5.41) is 4.77. The zero-order valence-corrected chi connectivity index (χ0v) is 15.3. The molecule has 0 radical (unpaired) electrons. The summed E-state index contributed by atoms with van der Waals surface area (Å²) in [5.41, 5.74) is 6.94. The molecule has 0 aliphatic heterocycles. The van der Waals surface area contributed by atoms with Crippen molar-refractivity contribution < 1.29 is 14.3 Å². The molecule has 6 heteroatoms. The Morgan fingerprint density at radius 3 is 2.67 bits per heavy atom. The van der Waals surface area contributed by atoms with E-state index in [1.54, 1.807) is 0 Å².